The molecule has 108 valence electrons. The van der Waals surface area contributed by atoms with Crippen LogP contribution >= 0.6 is 0 Å². The molecule has 0 saturated carbocycles. The Morgan fingerprint density at radius 1 is 1.05 bits per heavy atom. The molecule has 0 aliphatic carbocycles. The molecule has 0 saturated heterocycles. The standard InChI is InChI=1S/C18H20N2O/c1-13-12-16(19-2)18(21)20(14-8-4-3-5-9-14)17-11-7-6-10-15(13)17/h3-11,13,16,19H,12H2,1-2H3. The van der Waals surface area contributed by atoms with E-state index in [0.717, 1.165) is 17.8 Å². The number of amides is 1. The van der Waals surface area contributed by atoms with Crippen molar-refractivity contribution in [1.82, 2.24) is 5.32 Å². The SMILES string of the molecule is CNC1CC(C)c2ccccc2N(c2ccccc2)C1=O. The molecule has 1 aliphatic heterocycles. The molecule has 1 amide bonds. The summed E-state index contributed by atoms with van der Waals surface area (Å²) in [5.41, 5.74) is 3.15. The van der Waals surface area contributed by atoms with Crippen LogP contribution in [0.25, 0.3) is 0 Å². The van der Waals surface area contributed by atoms with E-state index in [1.807, 2.05) is 60.5 Å². The molecule has 3 rings (SSSR count). The van der Waals surface area contributed by atoms with Gasteiger partial charge in [-0.25, -0.2) is 0 Å². The molecule has 21 heavy (non-hydrogen) atoms. The molecule has 0 spiro atoms. The van der Waals surface area contributed by atoms with Crippen LogP contribution in [0.3, 0.4) is 0 Å². The predicted octanol–water partition coefficient (Wildman–Crippen LogP) is 3.45. The molecule has 0 radical (unpaired) electrons. The molecule has 2 unspecified atom stereocenters. The summed E-state index contributed by atoms with van der Waals surface area (Å²) < 4.78 is 0. The summed E-state index contributed by atoms with van der Waals surface area (Å²) in [7, 11) is 1.86. The summed E-state index contributed by atoms with van der Waals surface area (Å²) in [4.78, 5) is 14.8. The third-order valence-electron chi connectivity index (χ3n) is 4.18. The first-order valence-electron chi connectivity index (χ1n) is 7.37. The number of nitrogens with one attached hydrogen (secondary N) is 1. The second-order valence-corrected chi connectivity index (χ2v) is 5.55. The van der Waals surface area contributed by atoms with Crippen molar-refractivity contribution in [1.29, 1.82) is 0 Å². The maximum Gasteiger partial charge on any atom is 0.248 e. The Morgan fingerprint density at radius 2 is 1.71 bits per heavy atom. The number of hydrogen-bond donors (Lipinski definition) is 1. The number of hydrogen-bond acceptors (Lipinski definition) is 2. The second kappa shape index (κ2) is 5.70. The number of anilines is 2. The fourth-order valence-electron chi connectivity index (χ4n) is 3.05. The number of rotatable bonds is 2. The number of fused-ring (bicyclic) bond motifs is 1. The summed E-state index contributed by atoms with van der Waals surface area (Å²) >= 11 is 0. The van der Waals surface area contributed by atoms with Crippen LogP contribution in [0.2, 0.25) is 0 Å². The van der Waals surface area contributed by atoms with Gasteiger partial charge in [0, 0.05) is 5.69 Å². The molecule has 1 heterocycles. The third-order valence-corrected chi connectivity index (χ3v) is 4.18. The van der Waals surface area contributed by atoms with E-state index in [-0.39, 0.29) is 11.9 Å². The number of benzene rings is 2. The first-order valence-corrected chi connectivity index (χ1v) is 7.37. The van der Waals surface area contributed by atoms with E-state index in [0.29, 0.717) is 5.92 Å². The van der Waals surface area contributed by atoms with Gasteiger partial charge in [0.2, 0.25) is 5.91 Å². The van der Waals surface area contributed by atoms with Crippen molar-refractivity contribution < 1.29 is 4.79 Å². The lowest BCUT2D eigenvalue weighted by Crippen LogP contribution is -2.42. The van der Waals surface area contributed by atoms with Crippen LogP contribution in [-0.2, 0) is 4.79 Å². The highest BCUT2D eigenvalue weighted by Crippen LogP contribution is 2.38. The van der Waals surface area contributed by atoms with Crippen molar-refractivity contribution in [3.63, 3.8) is 0 Å². The van der Waals surface area contributed by atoms with E-state index >= 15 is 0 Å². The van der Waals surface area contributed by atoms with Crippen LogP contribution in [0, 0.1) is 0 Å². The summed E-state index contributed by atoms with van der Waals surface area (Å²) in [6.07, 6.45) is 0.815. The van der Waals surface area contributed by atoms with Crippen molar-refractivity contribution in [3.05, 3.63) is 60.2 Å². The Hall–Kier alpha value is -2.13. The van der Waals surface area contributed by atoms with E-state index in [9.17, 15) is 4.79 Å². The smallest absolute Gasteiger partial charge is 0.248 e. The van der Waals surface area contributed by atoms with Crippen molar-refractivity contribution in [2.75, 3.05) is 11.9 Å². The lowest BCUT2D eigenvalue weighted by molar-refractivity contribution is -0.119. The maximum absolute atomic E-state index is 12.9. The van der Waals surface area contributed by atoms with Crippen molar-refractivity contribution in [3.8, 4) is 0 Å². The fraction of sp³-hybridized carbons (Fsp3) is 0.278. The quantitative estimate of drug-likeness (QED) is 0.914. The van der Waals surface area contributed by atoms with Gasteiger partial charge in [0.25, 0.3) is 0 Å². The van der Waals surface area contributed by atoms with Gasteiger partial charge in [-0.05, 0) is 43.1 Å². The van der Waals surface area contributed by atoms with Crippen molar-refractivity contribution in [2.24, 2.45) is 0 Å². The minimum atomic E-state index is -0.160. The molecule has 0 aromatic heterocycles. The van der Waals surface area contributed by atoms with E-state index in [1.165, 1.54) is 5.56 Å². The van der Waals surface area contributed by atoms with Crippen LogP contribution in [-0.4, -0.2) is 19.0 Å². The van der Waals surface area contributed by atoms with Crippen molar-refractivity contribution >= 4 is 17.3 Å². The van der Waals surface area contributed by atoms with Gasteiger partial charge in [-0.3, -0.25) is 9.69 Å². The van der Waals surface area contributed by atoms with E-state index in [1.54, 1.807) is 0 Å². The molecule has 2 aromatic carbocycles. The lowest BCUT2D eigenvalue weighted by Gasteiger charge is -2.25. The average Bonchev–Trinajstić information content (AvgIpc) is 2.63. The van der Waals surface area contributed by atoms with Gasteiger partial charge in [-0.15, -0.1) is 0 Å². The van der Waals surface area contributed by atoms with Crippen LogP contribution in [0.4, 0.5) is 11.4 Å². The molecule has 2 atom stereocenters. The van der Waals surface area contributed by atoms with Gasteiger partial charge >= 0.3 is 0 Å². The second-order valence-electron chi connectivity index (χ2n) is 5.55. The minimum absolute atomic E-state index is 0.112. The number of likely N-dealkylation sites (N-methyl/N-ethyl adjacent to an activating group) is 1. The molecule has 2 aromatic rings. The lowest BCUT2D eigenvalue weighted by atomic mass is 9.94. The molecular weight excluding hydrogens is 260 g/mol. The van der Waals surface area contributed by atoms with Gasteiger partial charge in [-0.2, -0.15) is 0 Å². The van der Waals surface area contributed by atoms with Gasteiger partial charge < -0.3 is 5.32 Å². The zero-order valence-electron chi connectivity index (χ0n) is 12.4. The van der Waals surface area contributed by atoms with Crippen LogP contribution in [0.5, 0.6) is 0 Å². The molecule has 3 nitrogen and oxygen atoms in total. The molecule has 0 fully saturated rings. The normalized spacial score (nSPS) is 21.8. The van der Waals surface area contributed by atoms with Crippen LogP contribution < -0.4 is 10.2 Å². The summed E-state index contributed by atoms with van der Waals surface area (Å²) in [6, 6.07) is 17.9. The monoisotopic (exact) mass is 280 g/mol. The van der Waals surface area contributed by atoms with Gasteiger partial charge in [-0.1, -0.05) is 43.3 Å². The third kappa shape index (κ3) is 2.45. The Balaban J connectivity index is 2.18. The van der Waals surface area contributed by atoms with Crippen LogP contribution in [0.15, 0.2) is 54.6 Å². The zero-order valence-corrected chi connectivity index (χ0v) is 12.4. The number of nitrogens with zero attached hydrogens (tertiary/aromatic N) is 1. The number of carbonyl (C=O) groups excluding carboxylic acids is 1. The Kier molecular flexibility index (Phi) is 3.76. The summed E-state index contributed by atoms with van der Waals surface area (Å²) in [6.45, 7) is 2.19. The van der Waals surface area contributed by atoms with E-state index < -0.39 is 0 Å². The van der Waals surface area contributed by atoms with Crippen molar-refractivity contribution in [2.45, 2.75) is 25.3 Å². The van der Waals surface area contributed by atoms with Gasteiger partial charge in [0.15, 0.2) is 0 Å². The molecule has 3 heteroatoms. The molecule has 1 aliphatic rings. The molecule has 1 N–H and O–H groups in total. The maximum atomic E-state index is 12.9. The fourth-order valence-corrected chi connectivity index (χ4v) is 3.05. The highest BCUT2D eigenvalue weighted by Gasteiger charge is 2.33. The largest absolute Gasteiger partial charge is 0.309 e. The predicted molar refractivity (Wildman–Crippen MR) is 85.9 cm³/mol. The number of para-hydroxylation sites is 2. The summed E-state index contributed by atoms with van der Waals surface area (Å²) in [5.74, 6) is 0.455. The Labute approximate surface area is 125 Å². The Morgan fingerprint density at radius 3 is 2.43 bits per heavy atom. The first kappa shape index (κ1) is 13.8. The number of carbonyl (C=O) groups is 1. The minimum Gasteiger partial charge on any atom is -0.309 e. The summed E-state index contributed by atoms with van der Waals surface area (Å²) in [5, 5.41) is 3.17. The first-order chi connectivity index (χ1) is 10.2. The van der Waals surface area contributed by atoms with Crippen LogP contribution in [0.1, 0.15) is 24.8 Å². The van der Waals surface area contributed by atoms with E-state index in [4.69, 9.17) is 0 Å². The zero-order chi connectivity index (χ0) is 14.8. The topological polar surface area (TPSA) is 32.3 Å². The Bertz CT molecular complexity index is 639. The van der Waals surface area contributed by atoms with Gasteiger partial charge in [0.1, 0.15) is 0 Å². The highest BCUT2D eigenvalue weighted by molar-refractivity contribution is 6.05. The highest BCUT2D eigenvalue weighted by atomic mass is 16.2. The van der Waals surface area contributed by atoms with E-state index in [2.05, 4.69) is 18.3 Å². The molecule has 0 bridgehead atoms. The van der Waals surface area contributed by atoms with Gasteiger partial charge in [0.05, 0.1) is 11.7 Å². The molecular formula is C18H20N2O. The average molecular weight is 280 g/mol.